The van der Waals surface area contributed by atoms with Gasteiger partial charge < -0.3 is 9.47 Å². The summed E-state index contributed by atoms with van der Waals surface area (Å²) in [5, 5.41) is 0. The first-order valence-electron chi connectivity index (χ1n) is 6.99. The second-order valence-electron chi connectivity index (χ2n) is 5.26. The molecule has 4 heteroatoms. The first-order valence-corrected chi connectivity index (χ1v) is 6.99. The van der Waals surface area contributed by atoms with E-state index in [9.17, 15) is 4.79 Å². The number of carbonyl (C=O) groups is 1. The van der Waals surface area contributed by atoms with Crippen molar-refractivity contribution >= 4 is 11.7 Å². The maximum Gasteiger partial charge on any atom is 0.311 e. The van der Waals surface area contributed by atoms with Gasteiger partial charge in [-0.15, -0.1) is 0 Å². The number of nitrogens with zero attached hydrogens (tertiary/aromatic N) is 1. The van der Waals surface area contributed by atoms with Gasteiger partial charge in [0.15, 0.2) is 0 Å². The lowest BCUT2D eigenvalue weighted by Crippen LogP contribution is -2.47. The van der Waals surface area contributed by atoms with Gasteiger partial charge in [-0.25, -0.2) is 0 Å². The highest BCUT2D eigenvalue weighted by atomic mass is 16.5. The summed E-state index contributed by atoms with van der Waals surface area (Å²) in [5.41, 5.74) is 0.472. The van der Waals surface area contributed by atoms with Crippen molar-refractivity contribution in [2.75, 3.05) is 19.8 Å². The Hall–Kier alpha value is -1.42. The number of allylic oxidation sites excluding steroid dienone is 2. The Kier molecular flexibility index (Phi) is 3.27. The van der Waals surface area contributed by atoms with Crippen molar-refractivity contribution in [1.29, 1.82) is 0 Å². The molecule has 1 spiro atoms. The molecule has 3 unspecified atom stereocenters. The Bertz CT molecular complexity index is 466. The van der Waals surface area contributed by atoms with Crippen molar-refractivity contribution in [3.8, 4) is 0 Å². The summed E-state index contributed by atoms with van der Waals surface area (Å²) in [5.74, 6) is -0.119. The van der Waals surface area contributed by atoms with Gasteiger partial charge in [0.1, 0.15) is 5.60 Å². The topological polar surface area (TPSA) is 47.9 Å². The largest absolute Gasteiger partial charge is 0.465 e. The maximum absolute atomic E-state index is 12.1. The van der Waals surface area contributed by atoms with E-state index in [0.717, 1.165) is 25.1 Å². The van der Waals surface area contributed by atoms with Gasteiger partial charge in [-0.05, 0) is 25.0 Å². The molecular formula is C15H19NO3. The SMILES string of the molecule is CCCOC(=O)C1COC23C=CC=CC2=NCCC13. The highest BCUT2D eigenvalue weighted by Crippen LogP contribution is 2.45. The fourth-order valence-electron chi connectivity index (χ4n) is 3.20. The van der Waals surface area contributed by atoms with Crippen molar-refractivity contribution in [2.24, 2.45) is 16.8 Å². The average molecular weight is 261 g/mol. The molecule has 3 aliphatic rings. The van der Waals surface area contributed by atoms with Gasteiger partial charge in [0, 0.05) is 12.5 Å². The number of hydrogen-bond acceptors (Lipinski definition) is 4. The van der Waals surface area contributed by atoms with E-state index >= 15 is 0 Å². The van der Waals surface area contributed by atoms with Gasteiger partial charge in [0.2, 0.25) is 0 Å². The van der Waals surface area contributed by atoms with E-state index in [2.05, 4.69) is 4.99 Å². The second-order valence-corrected chi connectivity index (χ2v) is 5.26. The number of ether oxygens (including phenoxy) is 2. The van der Waals surface area contributed by atoms with Crippen LogP contribution in [-0.4, -0.2) is 37.0 Å². The molecular weight excluding hydrogens is 242 g/mol. The zero-order chi connectivity index (χ0) is 13.3. The third-order valence-electron chi connectivity index (χ3n) is 4.12. The summed E-state index contributed by atoms with van der Waals surface area (Å²) in [7, 11) is 0. The molecule has 1 saturated heterocycles. The molecule has 0 saturated carbocycles. The summed E-state index contributed by atoms with van der Waals surface area (Å²) in [4.78, 5) is 16.7. The molecule has 0 N–H and O–H groups in total. The van der Waals surface area contributed by atoms with Crippen LogP contribution in [0.1, 0.15) is 19.8 Å². The molecule has 0 amide bonds. The molecule has 0 aromatic rings. The summed E-state index contributed by atoms with van der Waals surface area (Å²) in [6.45, 7) is 3.69. The van der Waals surface area contributed by atoms with Gasteiger partial charge in [-0.2, -0.15) is 0 Å². The number of aliphatic imine (C=N–C) groups is 1. The lowest BCUT2D eigenvalue weighted by Gasteiger charge is -2.37. The average Bonchev–Trinajstić information content (AvgIpc) is 2.82. The van der Waals surface area contributed by atoms with E-state index in [1.165, 1.54) is 0 Å². The lowest BCUT2D eigenvalue weighted by atomic mass is 9.73. The standard InChI is InChI=1S/C15H19NO3/c1-2-9-18-14(17)11-10-19-15-7-4-3-5-13(15)16-8-6-12(11)15/h3-5,7,11-12H,2,6,8-10H2,1H3. The molecule has 0 radical (unpaired) electrons. The van der Waals surface area contributed by atoms with Gasteiger partial charge >= 0.3 is 5.97 Å². The normalized spacial score (nSPS) is 35.5. The molecule has 102 valence electrons. The fourth-order valence-corrected chi connectivity index (χ4v) is 3.20. The minimum Gasteiger partial charge on any atom is -0.465 e. The van der Waals surface area contributed by atoms with E-state index in [4.69, 9.17) is 9.47 Å². The molecule has 1 aliphatic carbocycles. The Balaban J connectivity index is 1.83. The third-order valence-corrected chi connectivity index (χ3v) is 4.12. The van der Waals surface area contributed by atoms with Crippen LogP contribution in [-0.2, 0) is 14.3 Å². The summed E-state index contributed by atoms with van der Waals surface area (Å²) < 4.78 is 11.3. The molecule has 0 aromatic heterocycles. The Labute approximate surface area is 113 Å². The maximum atomic E-state index is 12.1. The molecule has 3 rings (SSSR count). The molecule has 1 fully saturated rings. The van der Waals surface area contributed by atoms with Crippen LogP contribution in [0, 0.1) is 11.8 Å². The first-order chi connectivity index (χ1) is 9.28. The highest BCUT2D eigenvalue weighted by Gasteiger charge is 2.55. The summed E-state index contributed by atoms with van der Waals surface area (Å²) >= 11 is 0. The van der Waals surface area contributed by atoms with Gasteiger partial charge in [0.25, 0.3) is 0 Å². The number of rotatable bonds is 3. The van der Waals surface area contributed by atoms with Gasteiger partial charge in [0.05, 0.1) is 24.8 Å². The zero-order valence-corrected chi connectivity index (χ0v) is 11.2. The van der Waals surface area contributed by atoms with Crippen LogP contribution >= 0.6 is 0 Å². The van der Waals surface area contributed by atoms with Crippen molar-refractivity contribution in [3.05, 3.63) is 24.3 Å². The molecule has 2 heterocycles. The van der Waals surface area contributed by atoms with Crippen LogP contribution in [0.15, 0.2) is 29.3 Å². The Morgan fingerprint density at radius 1 is 1.58 bits per heavy atom. The third kappa shape index (κ3) is 1.94. The molecule has 3 atom stereocenters. The van der Waals surface area contributed by atoms with Crippen molar-refractivity contribution in [3.63, 3.8) is 0 Å². The zero-order valence-electron chi connectivity index (χ0n) is 11.2. The second kappa shape index (κ2) is 4.93. The Morgan fingerprint density at radius 2 is 2.47 bits per heavy atom. The summed E-state index contributed by atoms with van der Waals surface area (Å²) in [6, 6.07) is 0. The Morgan fingerprint density at radius 3 is 3.32 bits per heavy atom. The van der Waals surface area contributed by atoms with Crippen molar-refractivity contribution in [2.45, 2.75) is 25.4 Å². The van der Waals surface area contributed by atoms with Gasteiger partial charge in [-0.1, -0.05) is 19.1 Å². The highest BCUT2D eigenvalue weighted by molar-refractivity contribution is 6.06. The summed E-state index contributed by atoms with van der Waals surface area (Å²) in [6.07, 6.45) is 9.72. The molecule has 4 nitrogen and oxygen atoms in total. The van der Waals surface area contributed by atoms with E-state index in [0.29, 0.717) is 13.2 Å². The van der Waals surface area contributed by atoms with Crippen molar-refractivity contribution in [1.82, 2.24) is 0 Å². The first kappa shape index (κ1) is 12.6. The molecule has 0 aromatic carbocycles. The van der Waals surface area contributed by atoms with Crippen LogP contribution in [0.4, 0.5) is 0 Å². The minimum atomic E-state index is -0.483. The van der Waals surface area contributed by atoms with Crippen molar-refractivity contribution < 1.29 is 14.3 Å². The molecule has 2 aliphatic heterocycles. The van der Waals surface area contributed by atoms with Gasteiger partial charge in [-0.3, -0.25) is 9.79 Å². The molecule has 0 bridgehead atoms. The predicted octanol–water partition coefficient (Wildman–Crippen LogP) is 1.91. The number of carbonyl (C=O) groups excluding carboxylic acids is 1. The van der Waals surface area contributed by atoms with Crippen LogP contribution in [0.3, 0.4) is 0 Å². The van der Waals surface area contributed by atoms with Crippen LogP contribution in [0.2, 0.25) is 0 Å². The number of esters is 1. The monoisotopic (exact) mass is 261 g/mol. The van der Waals surface area contributed by atoms with E-state index in [1.54, 1.807) is 0 Å². The number of hydrogen-bond donors (Lipinski definition) is 0. The minimum absolute atomic E-state index is 0.118. The smallest absolute Gasteiger partial charge is 0.311 e. The molecule has 19 heavy (non-hydrogen) atoms. The van der Waals surface area contributed by atoms with Crippen LogP contribution < -0.4 is 0 Å². The van der Waals surface area contributed by atoms with E-state index < -0.39 is 5.60 Å². The van der Waals surface area contributed by atoms with E-state index in [-0.39, 0.29) is 17.8 Å². The quantitative estimate of drug-likeness (QED) is 0.729. The van der Waals surface area contributed by atoms with E-state index in [1.807, 2.05) is 31.2 Å². The van der Waals surface area contributed by atoms with Crippen LogP contribution in [0.5, 0.6) is 0 Å². The van der Waals surface area contributed by atoms with Crippen LogP contribution in [0.25, 0.3) is 0 Å². The fraction of sp³-hybridized carbons (Fsp3) is 0.600. The lowest BCUT2D eigenvalue weighted by molar-refractivity contribution is -0.149. The predicted molar refractivity (Wildman–Crippen MR) is 72.1 cm³/mol.